The molecule has 0 saturated heterocycles. The normalized spacial score (nSPS) is 9.88. The molecule has 148 valence electrons. The summed E-state index contributed by atoms with van der Waals surface area (Å²) in [4.78, 5) is 22.9. The molecule has 0 radical (unpaired) electrons. The van der Waals surface area contributed by atoms with Crippen LogP contribution in [0, 0.1) is 11.8 Å². The average molecular weight is 365 g/mol. The van der Waals surface area contributed by atoms with Gasteiger partial charge in [0.05, 0.1) is 6.61 Å². The number of esters is 2. The summed E-state index contributed by atoms with van der Waals surface area (Å²) in [5.41, 5.74) is 0. The first-order chi connectivity index (χ1) is 12.7. The summed E-state index contributed by atoms with van der Waals surface area (Å²) in [6, 6.07) is 0. The predicted molar refractivity (Wildman–Crippen MR) is 106 cm³/mol. The molecule has 0 saturated carbocycles. The molecule has 0 aliphatic rings. The molecule has 0 heterocycles. The van der Waals surface area contributed by atoms with Crippen molar-refractivity contribution in [2.24, 2.45) is 0 Å². The van der Waals surface area contributed by atoms with Gasteiger partial charge in [0, 0.05) is 19.3 Å². The Balaban J connectivity index is 3.41. The van der Waals surface area contributed by atoms with Crippen LogP contribution in [0.5, 0.6) is 0 Å². The van der Waals surface area contributed by atoms with Crippen molar-refractivity contribution in [1.82, 2.24) is 0 Å². The maximum atomic E-state index is 11.5. The largest absolute Gasteiger partial charge is 0.465 e. The Morgan fingerprint density at radius 3 is 2.12 bits per heavy atom. The molecule has 0 atom stereocenters. The van der Waals surface area contributed by atoms with Gasteiger partial charge in [-0.25, -0.2) is 0 Å². The van der Waals surface area contributed by atoms with E-state index in [1.165, 1.54) is 44.9 Å². The fourth-order valence-corrected chi connectivity index (χ4v) is 2.38. The van der Waals surface area contributed by atoms with E-state index in [0.29, 0.717) is 19.4 Å². The SMILES string of the molecule is C=CCCOC(=O)CCCC(=O)OCC#CCCCCCCCCCC. The van der Waals surface area contributed by atoms with Crippen LogP contribution in [0.1, 0.15) is 90.4 Å². The van der Waals surface area contributed by atoms with Gasteiger partial charge in [0.2, 0.25) is 0 Å². The molecule has 0 unspecified atom stereocenters. The van der Waals surface area contributed by atoms with Crippen molar-refractivity contribution in [3.05, 3.63) is 12.7 Å². The Morgan fingerprint density at radius 1 is 0.846 bits per heavy atom. The molecule has 0 aromatic rings. The highest BCUT2D eigenvalue weighted by Gasteiger charge is 2.06. The summed E-state index contributed by atoms with van der Waals surface area (Å²) in [5.74, 6) is 5.32. The summed E-state index contributed by atoms with van der Waals surface area (Å²) in [5, 5.41) is 0. The smallest absolute Gasteiger partial charge is 0.306 e. The summed E-state index contributed by atoms with van der Waals surface area (Å²) in [6.07, 6.45) is 14.4. The van der Waals surface area contributed by atoms with Crippen LogP contribution in [0.2, 0.25) is 0 Å². The third-order valence-electron chi connectivity index (χ3n) is 3.93. The van der Waals surface area contributed by atoms with Gasteiger partial charge in [0.25, 0.3) is 0 Å². The predicted octanol–water partition coefficient (Wildman–Crippen LogP) is 5.35. The minimum absolute atomic E-state index is 0.139. The number of hydrogen-bond donors (Lipinski definition) is 0. The van der Waals surface area contributed by atoms with Crippen molar-refractivity contribution >= 4 is 11.9 Å². The van der Waals surface area contributed by atoms with E-state index in [9.17, 15) is 9.59 Å². The van der Waals surface area contributed by atoms with Gasteiger partial charge in [0.1, 0.15) is 0 Å². The van der Waals surface area contributed by atoms with Gasteiger partial charge in [0.15, 0.2) is 6.61 Å². The van der Waals surface area contributed by atoms with Crippen LogP contribution in [0.15, 0.2) is 12.7 Å². The van der Waals surface area contributed by atoms with E-state index < -0.39 is 0 Å². The zero-order valence-electron chi connectivity index (χ0n) is 16.5. The highest BCUT2D eigenvalue weighted by molar-refractivity contribution is 5.72. The Kier molecular flexibility index (Phi) is 18.2. The average Bonchev–Trinajstić information content (AvgIpc) is 2.63. The number of rotatable bonds is 16. The maximum absolute atomic E-state index is 11.5. The lowest BCUT2D eigenvalue weighted by atomic mass is 10.1. The molecule has 0 aromatic carbocycles. The fraction of sp³-hybridized carbons (Fsp3) is 0.727. The quantitative estimate of drug-likeness (QED) is 0.160. The molecule has 0 rings (SSSR count). The minimum Gasteiger partial charge on any atom is -0.465 e. The van der Waals surface area contributed by atoms with Crippen molar-refractivity contribution < 1.29 is 19.1 Å². The van der Waals surface area contributed by atoms with Crippen molar-refractivity contribution in [2.75, 3.05) is 13.2 Å². The first-order valence-electron chi connectivity index (χ1n) is 10.1. The monoisotopic (exact) mass is 364 g/mol. The molecule has 4 nitrogen and oxygen atoms in total. The molecule has 0 aliphatic heterocycles. The van der Waals surface area contributed by atoms with E-state index in [4.69, 9.17) is 9.47 Å². The minimum atomic E-state index is -0.315. The first-order valence-corrected chi connectivity index (χ1v) is 10.1. The van der Waals surface area contributed by atoms with Gasteiger partial charge < -0.3 is 9.47 Å². The Morgan fingerprint density at radius 2 is 1.46 bits per heavy atom. The van der Waals surface area contributed by atoms with Crippen molar-refractivity contribution in [1.29, 1.82) is 0 Å². The van der Waals surface area contributed by atoms with Gasteiger partial charge in [-0.3, -0.25) is 9.59 Å². The molecule has 0 spiro atoms. The molecule has 0 aromatic heterocycles. The van der Waals surface area contributed by atoms with Crippen LogP contribution < -0.4 is 0 Å². The molecule has 0 bridgehead atoms. The summed E-state index contributed by atoms with van der Waals surface area (Å²) < 4.78 is 9.98. The number of carbonyl (C=O) groups excluding carboxylic acids is 2. The van der Waals surface area contributed by atoms with Gasteiger partial charge in [-0.05, 0) is 19.3 Å². The van der Waals surface area contributed by atoms with Crippen LogP contribution in [0.3, 0.4) is 0 Å². The zero-order valence-corrected chi connectivity index (χ0v) is 16.5. The molecule has 0 fully saturated rings. The first kappa shape index (κ1) is 24.2. The third kappa shape index (κ3) is 18.6. The second-order valence-corrected chi connectivity index (χ2v) is 6.39. The number of ether oxygens (including phenoxy) is 2. The third-order valence-corrected chi connectivity index (χ3v) is 3.93. The van der Waals surface area contributed by atoms with Gasteiger partial charge in [-0.15, -0.1) is 6.58 Å². The van der Waals surface area contributed by atoms with E-state index in [0.717, 1.165) is 12.8 Å². The highest BCUT2D eigenvalue weighted by Crippen LogP contribution is 2.09. The van der Waals surface area contributed by atoms with Crippen molar-refractivity contribution in [3.8, 4) is 11.8 Å². The number of hydrogen-bond acceptors (Lipinski definition) is 4. The van der Waals surface area contributed by atoms with Gasteiger partial charge in [-0.1, -0.05) is 69.8 Å². The number of unbranched alkanes of at least 4 members (excludes halogenated alkanes) is 8. The van der Waals surface area contributed by atoms with E-state index in [-0.39, 0.29) is 31.4 Å². The lowest BCUT2D eigenvalue weighted by molar-refractivity contribution is -0.144. The summed E-state index contributed by atoms with van der Waals surface area (Å²) in [6.45, 7) is 6.27. The standard InChI is InChI=1S/C22H36O4/c1-3-5-7-8-9-10-11-12-13-14-15-20-26-22(24)18-16-17-21(23)25-19-6-4-2/h4H,2-3,5-13,16-20H2,1H3. The van der Waals surface area contributed by atoms with Crippen LogP contribution in [0.4, 0.5) is 0 Å². The van der Waals surface area contributed by atoms with E-state index in [1.54, 1.807) is 6.08 Å². The molecule has 0 aliphatic carbocycles. The van der Waals surface area contributed by atoms with Crippen molar-refractivity contribution in [3.63, 3.8) is 0 Å². The van der Waals surface area contributed by atoms with E-state index in [1.807, 2.05) is 0 Å². The van der Waals surface area contributed by atoms with Crippen LogP contribution in [0.25, 0.3) is 0 Å². The van der Waals surface area contributed by atoms with Crippen LogP contribution in [-0.4, -0.2) is 25.2 Å². The number of carbonyl (C=O) groups is 2. The van der Waals surface area contributed by atoms with E-state index >= 15 is 0 Å². The van der Waals surface area contributed by atoms with Gasteiger partial charge >= 0.3 is 11.9 Å². The molecular formula is C22H36O4. The van der Waals surface area contributed by atoms with E-state index in [2.05, 4.69) is 25.3 Å². The van der Waals surface area contributed by atoms with Crippen LogP contribution >= 0.6 is 0 Å². The fourth-order valence-electron chi connectivity index (χ4n) is 2.38. The topological polar surface area (TPSA) is 52.6 Å². The summed E-state index contributed by atoms with van der Waals surface area (Å²) in [7, 11) is 0. The Hall–Kier alpha value is -1.76. The molecule has 0 N–H and O–H groups in total. The second-order valence-electron chi connectivity index (χ2n) is 6.39. The zero-order chi connectivity index (χ0) is 19.3. The highest BCUT2D eigenvalue weighted by atomic mass is 16.5. The van der Waals surface area contributed by atoms with Gasteiger partial charge in [-0.2, -0.15) is 0 Å². The Labute approximate surface area is 159 Å². The van der Waals surface area contributed by atoms with Crippen molar-refractivity contribution in [2.45, 2.75) is 90.4 Å². The summed E-state index contributed by atoms with van der Waals surface area (Å²) >= 11 is 0. The second kappa shape index (κ2) is 19.6. The van der Waals surface area contributed by atoms with Crippen LogP contribution in [-0.2, 0) is 19.1 Å². The molecule has 0 amide bonds. The Bertz CT molecular complexity index is 431. The molecular weight excluding hydrogens is 328 g/mol. The molecule has 4 heteroatoms. The lowest BCUT2D eigenvalue weighted by Crippen LogP contribution is -2.08. The molecule has 26 heavy (non-hydrogen) atoms. The lowest BCUT2D eigenvalue weighted by Gasteiger charge is -2.03. The maximum Gasteiger partial charge on any atom is 0.306 e.